The lowest BCUT2D eigenvalue weighted by molar-refractivity contribution is 0.0995. The molecule has 6 heteroatoms. The summed E-state index contributed by atoms with van der Waals surface area (Å²) in [6.45, 7) is 0. The van der Waals surface area contributed by atoms with Gasteiger partial charge >= 0.3 is 0 Å². The number of nitrogens with two attached hydrogens (primary N) is 1. The third-order valence-corrected chi connectivity index (χ3v) is 3.06. The highest BCUT2D eigenvalue weighted by Gasteiger charge is 2.10. The second-order valence-corrected chi connectivity index (χ2v) is 4.98. The van der Waals surface area contributed by atoms with Gasteiger partial charge in [-0.2, -0.15) is 0 Å². The van der Waals surface area contributed by atoms with E-state index in [0.717, 1.165) is 3.57 Å². The molecule has 2 aromatic rings. The number of halogens is 1. The Labute approximate surface area is 123 Å². The number of nitrogens with zero attached hydrogens (tertiary/aromatic N) is 1. The highest BCUT2D eigenvalue weighted by molar-refractivity contribution is 14.1. The van der Waals surface area contributed by atoms with Crippen molar-refractivity contribution in [3.05, 3.63) is 57.4 Å². The van der Waals surface area contributed by atoms with Gasteiger partial charge in [-0.05, 0) is 59.0 Å². The fourth-order valence-electron chi connectivity index (χ4n) is 1.43. The Morgan fingerprint density at radius 2 is 1.68 bits per heavy atom. The summed E-state index contributed by atoms with van der Waals surface area (Å²) in [6, 6.07) is 11.9. The fraction of sp³-hybridized carbons (Fsp3) is 0. The molecule has 1 aromatic carbocycles. The van der Waals surface area contributed by atoms with Gasteiger partial charge in [0, 0.05) is 9.26 Å². The lowest BCUT2D eigenvalue weighted by Crippen LogP contribution is -2.18. The Morgan fingerprint density at radius 1 is 1.05 bits per heavy atom. The predicted octanol–water partition coefficient (Wildman–Crippen LogP) is 2.04. The Bertz CT molecular complexity index is 626. The van der Waals surface area contributed by atoms with Gasteiger partial charge in [0.15, 0.2) is 0 Å². The number of hydrogen-bond acceptors (Lipinski definition) is 3. The first-order valence-corrected chi connectivity index (χ1v) is 6.48. The van der Waals surface area contributed by atoms with Crippen molar-refractivity contribution in [3.8, 4) is 0 Å². The molecule has 0 bridgehead atoms. The third-order valence-electron chi connectivity index (χ3n) is 2.34. The molecule has 1 heterocycles. The van der Waals surface area contributed by atoms with Crippen LogP contribution >= 0.6 is 22.6 Å². The molecular formula is C13H10IN3O2. The molecule has 0 saturated heterocycles. The average Bonchev–Trinajstić information content (AvgIpc) is 2.41. The van der Waals surface area contributed by atoms with E-state index in [1.807, 2.05) is 12.1 Å². The molecule has 2 rings (SSSR count). The second-order valence-electron chi connectivity index (χ2n) is 3.73. The van der Waals surface area contributed by atoms with Crippen molar-refractivity contribution in [3.63, 3.8) is 0 Å². The van der Waals surface area contributed by atoms with Crippen molar-refractivity contribution in [2.75, 3.05) is 5.32 Å². The van der Waals surface area contributed by atoms with Gasteiger partial charge in [0.1, 0.15) is 11.4 Å². The normalized spacial score (nSPS) is 9.95. The van der Waals surface area contributed by atoms with Crippen LogP contribution in [0.15, 0.2) is 42.5 Å². The Balaban J connectivity index is 2.18. The quantitative estimate of drug-likeness (QED) is 0.815. The number of carbonyl (C=O) groups excluding carboxylic acids is 2. The SMILES string of the molecule is NC(=O)c1cccc(C(=O)Nc2ccc(I)cc2)n1. The number of carbonyl (C=O) groups is 2. The van der Waals surface area contributed by atoms with Gasteiger partial charge in [0.2, 0.25) is 0 Å². The number of benzene rings is 1. The molecule has 0 unspecified atom stereocenters. The number of anilines is 1. The van der Waals surface area contributed by atoms with Crippen LogP contribution in [-0.4, -0.2) is 16.8 Å². The molecule has 5 nitrogen and oxygen atoms in total. The van der Waals surface area contributed by atoms with E-state index in [0.29, 0.717) is 5.69 Å². The Kier molecular flexibility index (Phi) is 4.10. The van der Waals surface area contributed by atoms with Crippen LogP contribution in [-0.2, 0) is 0 Å². The predicted molar refractivity (Wildman–Crippen MR) is 79.9 cm³/mol. The largest absolute Gasteiger partial charge is 0.364 e. The van der Waals surface area contributed by atoms with Crippen LogP contribution in [0.2, 0.25) is 0 Å². The van der Waals surface area contributed by atoms with Gasteiger partial charge in [-0.1, -0.05) is 6.07 Å². The number of hydrogen-bond donors (Lipinski definition) is 2. The van der Waals surface area contributed by atoms with E-state index in [9.17, 15) is 9.59 Å². The monoisotopic (exact) mass is 367 g/mol. The van der Waals surface area contributed by atoms with Crippen molar-refractivity contribution >= 4 is 40.1 Å². The van der Waals surface area contributed by atoms with E-state index in [-0.39, 0.29) is 17.3 Å². The summed E-state index contributed by atoms with van der Waals surface area (Å²) < 4.78 is 1.07. The first kappa shape index (κ1) is 13.5. The van der Waals surface area contributed by atoms with Crippen molar-refractivity contribution in [2.24, 2.45) is 5.73 Å². The van der Waals surface area contributed by atoms with Crippen LogP contribution in [0.5, 0.6) is 0 Å². The van der Waals surface area contributed by atoms with Crippen LogP contribution < -0.4 is 11.1 Å². The summed E-state index contributed by atoms with van der Waals surface area (Å²) in [4.78, 5) is 26.8. The minimum Gasteiger partial charge on any atom is -0.364 e. The topological polar surface area (TPSA) is 85.1 Å². The van der Waals surface area contributed by atoms with E-state index in [2.05, 4.69) is 32.9 Å². The molecule has 0 atom stereocenters. The molecule has 0 radical (unpaired) electrons. The molecule has 2 amide bonds. The molecule has 1 aromatic heterocycles. The maximum Gasteiger partial charge on any atom is 0.274 e. The first-order chi connectivity index (χ1) is 9.06. The van der Waals surface area contributed by atoms with Crippen molar-refractivity contribution < 1.29 is 9.59 Å². The van der Waals surface area contributed by atoms with Gasteiger partial charge in [-0.3, -0.25) is 9.59 Å². The van der Waals surface area contributed by atoms with Crippen LogP contribution in [0, 0.1) is 3.57 Å². The summed E-state index contributed by atoms with van der Waals surface area (Å²) in [5.41, 5.74) is 5.99. The van der Waals surface area contributed by atoms with Crippen LogP contribution in [0.25, 0.3) is 0 Å². The summed E-state index contributed by atoms with van der Waals surface area (Å²) in [6.07, 6.45) is 0. The zero-order valence-electron chi connectivity index (χ0n) is 9.76. The first-order valence-electron chi connectivity index (χ1n) is 5.40. The summed E-state index contributed by atoms with van der Waals surface area (Å²) in [5.74, 6) is -1.05. The molecule has 0 aliphatic heterocycles. The van der Waals surface area contributed by atoms with E-state index in [4.69, 9.17) is 5.73 Å². The zero-order valence-corrected chi connectivity index (χ0v) is 11.9. The number of aromatic nitrogens is 1. The zero-order chi connectivity index (χ0) is 13.8. The second kappa shape index (κ2) is 5.79. The van der Waals surface area contributed by atoms with Crippen LogP contribution in [0.1, 0.15) is 21.0 Å². The lowest BCUT2D eigenvalue weighted by atomic mass is 10.2. The average molecular weight is 367 g/mol. The molecule has 0 spiro atoms. The summed E-state index contributed by atoms with van der Waals surface area (Å²) in [7, 11) is 0. The number of rotatable bonds is 3. The summed E-state index contributed by atoms with van der Waals surface area (Å²) >= 11 is 2.18. The van der Waals surface area contributed by atoms with Crippen LogP contribution in [0.4, 0.5) is 5.69 Å². The minimum atomic E-state index is -0.663. The van der Waals surface area contributed by atoms with Crippen molar-refractivity contribution in [2.45, 2.75) is 0 Å². The van der Waals surface area contributed by atoms with Crippen LogP contribution in [0.3, 0.4) is 0 Å². The number of nitrogens with one attached hydrogen (secondary N) is 1. The van der Waals surface area contributed by atoms with Gasteiger partial charge in [0.25, 0.3) is 11.8 Å². The van der Waals surface area contributed by atoms with E-state index in [1.54, 1.807) is 18.2 Å². The third kappa shape index (κ3) is 3.50. The molecule has 0 aliphatic rings. The van der Waals surface area contributed by atoms with E-state index in [1.165, 1.54) is 12.1 Å². The molecular weight excluding hydrogens is 357 g/mol. The Morgan fingerprint density at radius 3 is 2.32 bits per heavy atom. The van der Waals surface area contributed by atoms with Crippen molar-refractivity contribution in [1.29, 1.82) is 0 Å². The van der Waals surface area contributed by atoms with Gasteiger partial charge in [0.05, 0.1) is 0 Å². The summed E-state index contributed by atoms with van der Waals surface area (Å²) in [5, 5.41) is 2.69. The number of amides is 2. The van der Waals surface area contributed by atoms with Gasteiger partial charge in [-0.15, -0.1) is 0 Å². The molecule has 0 fully saturated rings. The standard InChI is InChI=1S/C13H10IN3O2/c14-8-4-6-9(7-5-8)16-13(19)11-3-1-2-10(17-11)12(15)18/h1-7H,(H2,15,18)(H,16,19). The van der Waals surface area contributed by atoms with Gasteiger partial charge in [-0.25, -0.2) is 4.98 Å². The molecule has 19 heavy (non-hydrogen) atoms. The highest BCUT2D eigenvalue weighted by atomic mass is 127. The smallest absolute Gasteiger partial charge is 0.274 e. The molecule has 0 saturated carbocycles. The lowest BCUT2D eigenvalue weighted by Gasteiger charge is -2.05. The van der Waals surface area contributed by atoms with E-state index >= 15 is 0 Å². The maximum atomic E-state index is 11.9. The highest BCUT2D eigenvalue weighted by Crippen LogP contribution is 2.12. The van der Waals surface area contributed by atoms with E-state index < -0.39 is 5.91 Å². The van der Waals surface area contributed by atoms with Gasteiger partial charge < -0.3 is 11.1 Å². The number of pyridine rings is 1. The fourth-order valence-corrected chi connectivity index (χ4v) is 1.79. The number of primary amides is 1. The molecule has 0 aliphatic carbocycles. The molecule has 96 valence electrons. The van der Waals surface area contributed by atoms with Crippen molar-refractivity contribution in [1.82, 2.24) is 4.98 Å². The minimum absolute atomic E-state index is 0.0651. The maximum absolute atomic E-state index is 11.9. The molecule has 3 N–H and O–H groups in total. The Hall–Kier alpha value is -1.96.